The average Bonchev–Trinajstić information content (AvgIpc) is 2.96. The summed E-state index contributed by atoms with van der Waals surface area (Å²) in [7, 11) is 1.30. The van der Waals surface area contributed by atoms with E-state index in [9.17, 15) is 55.9 Å². The molecule has 3 aromatic rings. The van der Waals surface area contributed by atoms with Crippen LogP contribution in [0.4, 0.5) is 0 Å². The summed E-state index contributed by atoms with van der Waals surface area (Å²) in [6.45, 7) is -1.36. The molecule has 0 aliphatic carbocycles. The molecule has 2 aliphatic heterocycles. The molecule has 0 bridgehead atoms. The van der Waals surface area contributed by atoms with Crippen LogP contribution < -0.4 is 10.2 Å². The molecule has 1 aromatic heterocycles. The second kappa shape index (κ2) is 11.3. The minimum absolute atomic E-state index is 0.0299. The Morgan fingerprint density at radius 3 is 2.21 bits per heavy atom. The summed E-state index contributed by atoms with van der Waals surface area (Å²) in [5.41, 5.74) is -2.35. The number of aliphatic hydroxyl groups is 7. The predicted octanol–water partition coefficient (Wildman–Crippen LogP) is -1.75. The van der Waals surface area contributed by atoms with Crippen molar-refractivity contribution in [1.82, 2.24) is 0 Å². The van der Waals surface area contributed by atoms with Gasteiger partial charge in [-0.1, -0.05) is 0 Å². The smallest absolute Gasteiger partial charge is 0.197 e. The third-order valence-electron chi connectivity index (χ3n) is 7.62. The van der Waals surface area contributed by atoms with E-state index in [1.807, 2.05) is 0 Å². The molecule has 0 saturated carbocycles. The number of hydrogen-bond donors (Lipinski definition) is 10. The largest absolute Gasteiger partial charge is 0.507 e. The molecule has 15 heteroatoms. The quantitative estimate of drug-likeness (QED) is 0.157. The van der Waals surface area contributed by atoms with Crippen molar-refractivity contribution >= 4 is 11.0 Å². The Kier molecular flexibility index (Phi) is 8.06. The highest BCUT2D eigenvalue weighted by Crippen LogP contribution is 2.50. The lowest BCUT2D eigenvalue weighted by Crippen LogP contribution is -2.55. The van der Waals surface area contributed by atoms with Gasteiger partial charge in [0, 0.05) is 11.6 Å². The van der Waals surface area contributed by atoms with Crippen molar-refractivity contribution in [3.05, 3.63) is 45.6 Å². The van der Waals surface area contributed by atoms with Crippen molar-refractivity contribution in [3.63, 3.8) is 0 Å². The van der Waals surface area contributed by atoms with Crippen molar-refractivity contribution in [2.75, 3.05) is 20.3 Å². The van der Waals surface area contributed by atoms with Crippen molar-refractivity contribution in [1.29, 1.82) is 0 Å². The van der Waals surface area contributed by atoms with E-state index in [2.05, 4.69) is 0 Å². The van der Waals surface area contributed by atoms with E-state index in [-0.39, 0.29) is 22.8 Å². The van der Waals surface area contributed by atoms with Crippen molar-refractivity contribution in [2.45, 2.75) is 54.9 Å². The van der Waals surface area contributed by atoms with E-state index >= 15 is 0 Å². The van der Waals surface area contributed by atoms with Crippen LogP contribution in [0.1, 0.15) is 23.3 Å². The van der Waals surface area contributed by atoms with Crippen LogP contribution in [0.25, 0.3) is 22.3 Å². The van der Waals surface area contributed by atoms with Gasteiger partial charge in [-0.3, -0.25) is 4.79 Å². The summed E-state index contributed by atoms with van der Waals surface area (Å²) in [5.74, 6) is -2.22. The van der Waals surface area contributed by atoms with Crippen molar-refractivity contribution < 1.29 is 69.7 Å². The Morgan fingerprint density at radius 2 is 1.55 bits per heavy atom. The second-order valence-corrected chi connectivity index (χ2v) is 10.1. The molecule has 10 N–H and O–H groups in total. The number of fused-ring (bicyclic) bond motifs is 1. The molecule has 5 rings (SSSR count). The highest BCUT2D eigenvalue weighted by molar-refractivity contribution is 5.92. The fourth-order valence-electron chi connectivity index (χ4n) is 5.31. The average molecular weight is 595 g/mol. The number of aliphatic hydroxyl groups excluding tert-OH is 7. The Labute approximate surface area is 236 Å². The zero-order valence-corrected chi connectivity index (χ0v) is 21.9. The minimum atomic E-state index is -2.00. The monoisotopic (exact) mass is 594 g/mol. The number of aromatic hydroxyl groups is 3. The van der Waals surface area contributed by atoms with Crippen molar-refractivity contribution in [2.24, 2.45) is 0 Å². The molecule has 2 aromatic carbocycles. The second-order valence-electron chi connectivity index (χ2n) is 10.1. The van der Waals surface area contributed by atoms with Crippen LogP contribution in [0.3, 0.4) is 0 Å². The van der Waals surface area contributed by atoms with Gasteiger partial charge in [-0.2, -0.15) is 0 Å². The first-order valence-corrected chi connectivity index (χ1v) is 12.8. The number of rotatable bonds is 5. The molecule has 2 fully saturated rings. The summed E-state index contributed by atoms with van der Waals surface area (Å²) in [6, 6.07) is 4.97. The van der Waals surface area contributed by atoms with Gasteiger partial charge in [0.15, 0.2) is 22.5 Å². The first kappa shape index (κ1) is 30.0. The first-order chi connectivity index (χ1) is 19.9. The molecule has 0 amide bonds. The number of phenols is 3. The molecular formula is C27H30O15. The standard InChI is InChI=1S/C27H30O15/c1-39-13-4-8(2-3-9(13)29)12-5-10(30)15-20(34)16(27-24(38)22(36)19(33)14(6-28)42-27)21(35)17(25(15)41-12)26-23(37)18(32)11(31)7-40-26/h2-5,11,14,18-19,22-24,26-29,31-38H,6-7H2,1H3/t11-,14+,18+,19+,22-,23-,24+,26-,27-/m0/s1. The number of ether oxygens (including phenoxy) is 3. The molecule has 228 valence electrons. The summed E-state index contributed by atoms with van der Waals surface area (Å²) in [5, 5.41) is 104. The molecule has 0 spiro atoms. The van der Waals surface area contributed by atoms with E-state index in [4.69, 9.17) is 18.6 Å². The van der Waals surface area contributed by atoms with Gasteiger partial charge in [0.1, 0.15) is 77.6 Å². The number of hydrogen-bond acceptors (Lipinski definition) is 15. The summed E-state index contributed by atoms with van der Waals surface area (Å²) in [4.78, 5) is 13.5. The maximum Gasteiger partial charge on any atom is 0.197 e. The first-order valence-electron chi connectivity index (χ1n) is 12.8. The molecule has 3 heterocycles. The van der Waals surface area contributed by atoms with Crippen LogP contribution >= 0.6 is 0 Å². The molecule has 2 saturated heterocycles. The fraction of sp³-hybridized carbons (Fsp3) is 0.444. The topological polar surface area (TPSA) is 260 Å². The Balaban J connectivity index is 1.80. The van der Waals surface area contributed by atoms with Crippen LogP contribution in [0.15, 0.2) is 33.5 Å². The number of benzene rings is 2. The fourth-order valence-corrected chi connectivity index (χ4v) is 5.31. The van der Waals surface area contributed by atoms with E-state index in [1.54, 1.807) is 0 Å². The summed E-state index contributed by atoms with van der Waals surface area (Å²) in [6.07, 6.45) is -15.9. The molecule has 0 radical (unpaired) electrons. The van der Waals surface area contributed by atoms with Gasteiger partial charge >= 0.3 is 0 Å². The lowest BCUT2D eigenvalue weighted by atomic mass is 9.85. The normalized spacial score (nSPS) is 31.8. The van der Waals surface area contributed by atoms with Crippen LogP contribution in [0, 0.1) is 0 Å². The summed E-state index contributed by atoms with van der Waals surface area (Å²) < 4.78 is 22.1. The van der Waals surface area contributed by atoms with Crippen LogP contribution in [0.2, 0.25) is 0 Å². The van der Waals surface area contributed by atoms with Gasteiger partial charge in [-0.25, -0.2) is 0 Å². The third-order valence-corrected chi connectivity index (χ3v) is 7.62. The minimum Gasteiger partial charge on any atom is -0.507 e. The zero-order chi connectivity index (χ0) is 30.6. The number of phenolic OH excluding ortho intramolecular Hbond substituents is 3. The van der Waals surface area contributed by atoms with Gasteiger partial charge in [0.2, 0.25) is 0 Å². The van der Waals surface area contributed by atoms with E-state index < -0.39 is 107 Å². The Morgan fingerprint density at radius 1 is 0.857 bits per heavy atom. The molecule has 15 nitrogen and oxygen atoms in total. The van der Waals surface area contributed by atoms with Crippen LogP contribution in [0.5, 0.6) is 23.0 Å². The van der Waals surface area contributed by atoms with Crippen molar-refractivity contribution in [3.8, 4) is 34.3 Å². The maximum absolute atomic E-state index is 13.5. The van der Waals surface area contributed by atoms with Gasteiger partial charge in [-0.15, -0.1) is 0 Å². The lowest BCUT2D eigenvalue weighted by Gasteiger charge is -2.41. The van der Waals surface area contributed by atoms with Crippen LogP contribution in [-0.2, 0) is 9.47 Å². The maximum atomic E-state index is 13.5. The molecular weight excluding hydrogens is 564 g/mol. The number of methoxy groups -OCH3 is 1. The van der Waals surface area contributed by atoms with Gasteiger partial charge in [-0.05, 0) is 18.2 Å². The van der Waals surface area contributed by atoms with E-state index in [0.717, 1.165) is 6.07 Å². The lowest BCUT2D eigenvalue weighted by molar-refractivity contribution is -0.232. The Bertz CT molecular complexity index is 1530. The molecule has 9 atom stereocenters. The molecule has 0 unspecified atom stereocenters. The van der Waals surface area contributed by atoms with Gasteiger partial charge in [0.05, 0.1) is 31.5 Å². The summed E-state index contributed by atoms with van der Waals surface area (Å²) >= 11 is 0. The predicted molar refractivity (Wildman–Crippen MR) is 139 cm³/mol. The zero-order valence-electron chi connectivity index (χ0n) is 21.9. The Hall–Kier alpha value is -3.51. The SMILES string of the molecule is COc1cc(-c2cc(=O)c3c(O)c([C@@H]4O[C@H](CO)[C@@H](O)[C@H](O)[C@H]4O)c(O)c([C@@H]4OC[C@H](O)[C@@H](O)[C@@H]4O)c3o2)ccc1O. The highest BCUT2D eigenvalue weighted by Gasteiger charge is 2.48. The third kappa shape index (κ3) is 4.74. The van der Waals surface area contributed by atoms with E-state index in [1.165, 1.54) is 25.3 Å². The van der Waals surface area contributed by atoms with Crippen LogP contribution in [-0.4, -0.2) is 114 Å². The highest BCUT2D eigenvalue weighted by atomic mass is 16.5. The molecule has 2 aliphatic rings. The molecule has 42 heavy (non-hydrogen) atoms. The van der Waals surface area contributed by atoms with Gasteiger partial charge in [0.25, 0.3) is 0 Å². The van der Waals surface area contributed by atoms with E-state index in [0.29, 0.717) is 0 Å². The van der Waals surface area contributed by atoms with Gasteiger partial charge < -0.3 is 69.7 Å².